The molecule has 3 nitrogen and oxygen atoms in total. The molecule has 0 radical (unpaired) electrons. The predicted molar refractivity (Wildman–Crippen MR) is 74.2 cm³/mol. The van der Waals surface area contributed by atoms with Crippen molar-refractivity contribution in [1.82, 2.24) is 0 Å². The maximum Gasteiger partial charge on any atom is 0.250 e. The largest absolute Gasteiger partial charge is 0.452 e. The molecule has 0 aliphatic carbocycles. The van der Waals surface area contributed by atoms with Crippen LogP contribution in [0.25, 0.3) is 0 Å². The number of hydrogen-bond acceptors (Lipinski definition) is 2. The van der Waals surface area contributed by atoms with Gasteiger partial charge in [-0.25, -0.2) is 0 Å². The maximum atomic E-state index is 11.9. The lowest BCUT2D eigenvalue weighted by Gasteiger charge is -2.19. The Morgan fingerprint density at radius 3 is 2.56 bits per heavy atom. The fourth-order valence-corrected chi connectivity index (χ4v) is 1.95. The molecule has 0 saturated carbocycles. The molecule has 0 spiro atoms. The maximum absolute atomic E-state index is 11.9. The van der Waals surface area contributed by atoms with E-state index in [0.29, 0.717) is 17.0 Å². The summed E-state index contributed by atoms with van der Waals surface area (Å²) in [6, 6.07) is 13.1. The number of carbonyl (C=O) groups excluding carboxylic acids is 1. The van der Waals surface area contributed by atoms with Crippen molar-refractivity contribution in [2.24, 2.45) is 0 Å². The van der Waals surface area contributed by atoms with Gasteiger partial charge in [0.2, 0.25) is 0 Å². The molecule has 0 N–H and O–H groups in total. The van der Waals surface area contributed by atoms with E-state index in [1.54, 1.807) is 11.0 Å². The zero-order valence-electron chi connectivity index (χ0n) is 9.67. The van der Waals surface area contributed by atoms with Crippen LogP contribution in [0.1, 0.15) is 5.76 Å². The molecule has 0 aliphatic heterocycles. The number of amides is 1. The summed E-state index contributed by atoms with van der Waals surface area (Å²) in [5.41, 5.74) is 0.815. The first kappa shape index (κ1) is 12.6. The van der Waals surface area contributed by atoms with Crippen molar-refractivity contribution < 1.29 is 9.21 Å². The summed E-state index contributed by atoms with van der Waals surface area (Å²) in [4.78, 5) is 13.5. The van der Waals surface area contributed by atoms with Crippen LogP contribution in [-0.4, -0.2) is 5.91 Å². The Bertz CT molecular complexity index is 548. The average Bonchev–Trinajstić information content (AvgIpc) is 2.82. The van der Waals surface area contributed by atoms with Crippen LogP contribution >= 0.6 is 15.9 Å². The normalized spacial score (nSPS) is 10.1. The number of hydrogen-bond donors (Lipinski definition) is 0. The molecule has 0 bridgehead atoms. The minimum atomic E-state index is -0.159. The van der Waals surface area contributed by atoms with E-state index in [4.69, 9.17) is 4.42 Å². The minimum Gasteiger partial charge on any atom is -0.452 e. The first-order valence-electron chi connectivity index (χ1n) is 5.44. The number of para-hydroxylation sites is 1. The van der Waals surface area contributed by atoms with E-state index in [2.05, 4.69) is 22.5 Å². The molecule has 0 saturated heterocycles. The summed E-state index contributed by atoms with van der Waals surface area (Å²) >= 11 is 3.24. The molecule has 0 fully saturated rings. The molecule has 0 aliphatic rings. The first-order valence-corrected chi connectivity index (χ1v) is 6.23. The molecular formula is C14H12BrNO2. The van der Waals surface area contributed by atoms with Crippen LogP contribution < -0.4 is 4.90 Å². The quantitative estimate of drug-likeness (QED) is 0.806. The van der Waals surface area contributed by atoms with Gasteiger partial charge < -0.3 is 9.32 Å². The highest BCUT2D eigenvalue weighted by Crippen LogP contribution is 2.20. The van der Waals surface area contributed by atoms with Crippen molar-refractivity contribution in [1.29, 1.82) is 0 Å². The van der Waals surface area contributed by atoms with Gasteiger partial charge in [0.15, 0.2) is 4.67 Å². The van der Waals surface area contributed by atoms with Gasteiger partial charge in [-0.1, -0.05) is 24.8 Å². The highest BCUT2D eigenvalue weighted by molar-refractivity contribution is 9.10. The van der Waals surface area contributed by atoms with Crippen molar-refractivity contribution in [2.75, 3.05) is 4.90 Å². The van der Waals surface area contributed by atoms with Crippen LogP contribution in [0.4, 0.5) is 5.69 Å². The lowest BCUT2D eigenvalue weighted by atomic mass is 10.2. The fourth-order valence-electron chi connectivity index (χ4n) is 1.61. The Labute approximate surface area is 114 Å². The van der Waals surface area contributed by atoms with Gasteiger partial charge in [0.05, 0.1) is 6.54 Å². The molecule has 92 valence electrons. The number of furan rings is 1. The third kappa shape index (κ3) is 2.90. The second-order valence-electron chi connectivity index (χ2n) is 3.67. The summed E-state index contributed by atoms with van der Waals surface area (Å²) in [5.74, 6) is 0.551. The summed E-state index contributed by atoms with van der Waals surface area (Å²) in [6.45, 7) is 3.90. The van der Waals surface area contributed by atoms with E-state index < -0.39 is 0 Å². The van der Waals surface area contributed by atoms with Gasteiger partial charge in [0.25, 0.3) is 5.91 Å². The topological polar surface area (TPSA) is 33.5 Å². The van der Waals surface area contributed by atoms with Gasteiger partial charge in [0.1, 0.15) is 5.76 Å². The molecule has 0 unspecified atom stereocenters. The van der Waals surface area contributed by atoms with Crippen LogP contribution in [0.15, 0.2) is 64.2 Å². The Morgan fingerprint density at radius 1 is 1.28 bits per heavy atom. The molecule has 1 aromatic carbocycles. The summed E-state index contributed by atoms with van der Waals surface area (Å²) in [5, 5.41) is 0. The van der Waals surface area contributed by atoms with Crippen LogP contribution in [0.2, 0.25) is 0 Å². The standard InChI is InChI=1S/C14H12BrNO2/c1-2-14(17)16(11-6-4-3-5-7-11)10-12-8-9-13(15)18-12/h2-9H,1,10H2. The predicted octanol–water partition coefficient (Wildman–Crippen LogP) is 3.76. The summed E-state index contributed by atoms with van der Waals surface area (Å²) in [7, 11) is 0. The smallest absolute Gasteiger partial charge is 0.250 e. The second kappa shape index (κ2) is 5.69. The number of rotatable bonds is 4. The molecule has 1 aromatic heterocycles. The minimum absolute atomic E-state index is 0.159. The molecule has 4 heteroatoms. The van der Waals surface area contributed by atoms with Crippen LogP contribution in [0.5, 0.6) is 0 Å². The third-order valence-electron chi connectivity index (χ3n) is 2.45. The summed E-state index contributed by atoms with van der Waals surface area (Å²) in [6.07, 6.45) is 1.30. The number of anilines is 1. The summed E-state index contributed by atoms with van der Waals surface area (Å²) < 4.78 is 6.07. The molecular weight excluding hydrogens is 294 g/mol. The van der Waals surface area contributed by atoms with Crippen molar-refractivity contribution in [3.05, 3.63) is 65.5 Å². The van der Waals surface area contributed by atoms with E-state index in [1.807, 2.05) is 36.4 Å². The highest BCUT2D eigenvalue weighted by atomic mass is 79.9. The van der Waals surface area contributed by atoms with Gasteiger partial charge >= 0.3 is 0 Å². The molecule has 1 amide bonds. The van der Waals surface area contributed by atoms with Gasteiger partial charge in [0, 0.05) is 5.69 Å². The first-order chi connectivity index (χ1) is 8.70. The van der Waals surface area contributed by atoms with Gasteiger partial charge in [-0.2, -0.15) is 0 Å². The van der Waals surface area contributed by atoms with Gasteiger partial charge in [-0.3, -0.25) is 4.79 Å². The average molecular weight is 306 g/mol. The van der Waals surface area contributed by atoms with E-state index in [1.165, 1.54) is 6.08 Å². The lowest BCUT2D eigenvalue weighted by Crippen LogP contribution is -2.28. The van der Waals surface area contributed by atoms with Crippen molar-refractivity contribution >= 4 is 27.5 Å². The SMILES string of the molecule is C=CC(=O)N(Cc1ccc(Br)o1)c1ccccc1. The Morgan fingerprint density at radius 2 is 2.00 bits per heavy atom. The zero-order valence-corrected chi connectivity index (χ0v) is 11.3. The monoisotopic (exact) mass is 305 g/mol. The van der Waals surface area contributed by atoms with E-state index in [0.717, 1.165) is 5.69 Å². The number of benzene rings is 1. The zero-order chi connectivity index (χ0) is 13.0. The second-order valence-corrected chi connectivity index (χ2v) is 4.45. The Hall–Kier alpha value is -1.81. The van der Waals surface area contributed by atoms with Crippen molar-refractivity contribution in [3.8, 4) is 0 Å². The molecule has 1 heterocycles. The molecule has 0 atom stereocenters. The molecule has 2 aromatic rings. The number of carbonyl (C=O) groups is 1. The Balaban J connectivity index is 2.26. The Kier molecular flexibility index (Phi) is 3.99. The highest BCUT2D eigenvalue weighted by Gasteiger charge is 2.14. The van der Waals surface area contributed by atoms with Crippen LogP contribution in [-0.2, 0) is 11.3 Å². The lowest BCUT2D eigenvalue weighted by molar-refractivity contribution is -0.114. The molecule has 2 rings (SSSR count). The van der Waals surface area contributed by atoms with Crippen LogP contribution in [0, 0.1) is 0 Å². The number of nitrogens with zero attached hydrogens (tertiary/aromatic N) is 1. The molecule has 18 heavy (non-hydrogen) atoms. The van der Waals surface area contributed by atoms with E-state index in [-0.39, 0.29) is 5.91 Å². The van der Waals surface area contributed by atoms with Crippen molar-refractivity contribution in [3.63, 3.8) is 0 Å². The number of halogens is 1. The van der Waals surface area contributed by atoms with E-state index >= 15 is 0 Å². The van der Waals surface area contributed by atoms with Crippen LogP contribution in [0.3, 0.4) is 0 Å². The van der Waals surface area contributed by atoms with Gasteiger partial charge in [-0.15, -0.1) is 0 Å². The fraction of sp³-hybridized carbons (Fsp3) is 0.0714. The van der Waals surface area contributed by atoms with E-state index in [9.17, 15) is 4.79 Å². The van der Waals surface area contributed by atoms with Crippen molar-refractivity contribution in [2.45, 2.75) is 6.54 Å². The van der Waals surface area contributed by atoms with Gasteiger partial charge in [-0.05, 0) is 46.3 Å². The third-order valence-corrected chi connectivity index (χ3v) is 2.88.